The summed E-state index contributed by atoms with van der Waals surface area (Å²) in [6.45, 7) is 6.70. The zero-order chi connectivity index (χ0) is 15.1. The van der Waals surface area contributed by atoms with Gasteiger partial charge in [-0.15, -0.1) is 12.4 Å². The predicted octanol–water partition coefficient (Wildman–Crippen LogP) is 5.09. The van der Waals surface area contributed by atoms with Crippen LogP contribution in [0.1, 0.15) is 25.0 Å². The first kappa shape index (κ1) is 18.8. The van der Waals surface area contributed by atoms with E-state index in [2.05, 4.69) is 25.2 Å². The number of rotatable bonds is 7. The van der Waals surface area contributed by atoms with Crippen molar-refractivity contribution in [3.8, 4) is 5.75 Å². The van der Waals surface area contributed by atoms with Crippen molar-refractivity contribution in [2.45, 2.75) is 27.0 Å². The Morgan fingerprint density at radius 1 is 1.00 bits per heavy atom. The summed E-state index contributed by atoms with van der Waals surface area (Å²) in [5.41, 5.74) is 2.18. The number of benzene rings is 2. The van der Waals surface area contributed by atoms with Gasteiger partial charge in [0.15, 0.2) is 0 Å². The van der Waals surface area contributed by atoms with Gasteiger partial charge in [0.1, 0.15) is 12.4 Å². The lowest BCUT2D eigenvalue weighted by Crippen LogP contribution is -2.19. The van der Waals surface area contributed by atoms with E-state index in [9.17, 15) is 0 Å². The van der Waals surface area contributed by atoms with Gasteiger partial charge >= 0.3 is 0 Å². The van der Waals surface area contributed by atoms with E-state index >= 15 is 0 Å². The molecule has 0 unspecified atom stereocenters. The molecule has 1 N–H and O–H groups in total. The van der Waals surface area contributed by atoms with Crippen LogP contribution >= 0.6 is 24.0 Å². The molecule has 0 bridgehead atoms. The third-order valence-corrected chi connectivity index (χ3v) is 3.55. The molecule has 0 radical (unpaired) electrons. The Kier molecular flexibility index (Phi) is 8.32. The van der Waals surface area contributed by atoms with Gasteiger partial charge < -0.3 is 10.1 Å². The van der Waals surface area contributed by atoms with Gasteiger partial charge in [0.2, 0.25) is 0 Å². The van der Waals surface area contributed by atoms with Gasteiger partial charge in [0, 0.05) is 22.7 Å². The molecule has 120 valence electrons. The molecule has 0 fully saturated rings. The molecule has 0 saturated carbocycles. The summed E-state index contributed by atoms with van der Waals surface area (Å²) in [6, 6.07) is 15.9. The van der Waals surface area contributed by atoms with Crippen molar-refractivity contribution in [2.24, 2.45) is 5.92 Å². The van der Waals surface area contributed by atoms with Gasteiger partial charge in [-0.25, -0.2) is 0 Å². The molecule has 0 heterocycles. The van der Waals surface area contributed by atoms with Crippen LogP contribution in [0.15, 0.2) is 48.5 Å². The fourth-order valence-corrected chi connectivity index (χ4v) is 2.25. The van der Waals surface area contributed by atoms with Gasteiger partial charge in [-0.3, -0.25) is 0 Å². The standard InChI is InChI=1S/C18H22ClNO.ClH/c1-14(2)11-20-12-15-7-4-6-10-18(15)21-13-16-8-3-5-9-17(16)19;/h3-10,14,20H,11-13H2,1-2H3;1H. The second-order valence-electron chi connectivity index (χ2n) is 5.51. The number of hydrogen-bond donors (Lipinski definition) is 1. The Morgan fingerprint density at radius 3 is 2.32 bits per heavy atom. The highest BCUT2D eigenvalue weighted by Gasteiger charge is 2.05. The normalized spacial score (nSPS) is 10.4. The van der Waals surface area contributed by atoms with E-state index in [0.717, 1.165) is 29.4 Å². The van der Waals surface area contributed by atoms with E-state index in [1.54, 1.807) is 0 Å². The maximum absolute atomic E-state index is 6.16. The minimum absolute atomic E-state index is 0. The summed E-state index contributed by atoms with van der Waals surface area (Å²) >= 11 is 6.16. The zero-order valence-corrected chi connectivity index (χ0v) is 14.6. The van der Waals surface area contributed by atoms with E-state index in [4.69, 9.17) is 16.3 Å². The monoisotopic (exact) mass is 339 g/mol. The molecule has 0 aliphatic heterocycles. The van der Waals surface area contributed by atoms with Gasteiger partial charge in [-0.1, -0.05) is 61.8 Å². The topological polar surface area (TPSA) is 21.3 Å². The van der Waals surface area contributed by atoms with Gasteiger partial charge in [0.25, 0.3) is 0 Å². The zero-order valence-electron chi connectivity index (χ0n) is 13.0. The quantitative estimate of drug-likeness (QED) is 0.758. The van der Waals surface area contributed by atoms with Crippen LogP contribution < -0.4 is 10.1 Å². The van der Waals surface area contributed by atoms with Gasteiger partial charge in [-0.05, 0) is 24.6 Å². The maximum atomic E-state index is 6.16. The predicted molar refractivity (Wildman–Crippen MR) is 96.0 cm³/mol. The number of nitrogens with one attached hydrogen (secondary N) is 1. The third-order valence-electron chi connectivity index (χ3n) is 3.18. The highest BCUT2D eigenvalue weighted by Crippen LogP contribution is 2.21. The molecule has 0 atom stereocenters. The lowest BCUT2D eigenvalue weighted by Gasteiger charge is -2.13. The molecule has 0 amide bonds. The summed E-state index contributed by atoms with van der Waals surface area (Å²) in [4.78, 5) is 0. The Balaban J connectivity index is 0.00000242. The van der Waals surface area contributed by atoms with Crippen molar-refractivity contribution >= 4 is 24.0 Å². The molecular weight excluding hydrogens is 317 g/mol. The fraction of sp³-hybridized carbons (Fsp3) is 0.333. The van der Waals surface area contributed by atoms with E-state index < -0.39 is 0 Å². The molecule has 2 rings (SSSR count). The van der Waals surface area contributed by atoms with Crippen molar-refractivity contribution in [1.29, 1.82) is 0 Å². The van der Waals surface area contributed by atoms with Crippen LogP contribution in [0.3, 0.4) is 0 Å². The summed E-state index contributed by atoms with van der Waals surface area (Å²) in [5, 5.41) is 4.19. The number of ether oxygens (including phenoxy) is 1. The molecule has 2 nitrogen and oxygen atoms in total. The Hall–Kier alpha value is -1.22. The van der Waals surface area contributed by atoms with Crippen LogP contribution in [0, 0.1) is 5.92 Å². The average Bonchev–Trinajstić information content (AvgIpc) is 2.47. The highest BCUT2D eigenvalue weighted by molar-refractivity contribution is 6.31. The second kappa shape index (κ2) is 9.73. The molecule has 22 heavy (non-hydrogen) atoms. The molecular formula is C18H23Cl2NO. The molecule has 0 aromatic heterocycles. The third kappa shape index (κ3) is 5.88. The molecule has 0 saturated heterocycles. The molecule has 2 aromatic rings. The number of para-hydroxylation sites is 1. The summed E-state index contributed by atoms with van der Waals surface area (Å²) in [7, 11) is 0. The van der Waals surface area contributed by atoms with Gasteiger partial charge in [0.05, 0.1) is 0 Å². The molecule has 0 aliphatic carbocycles. The van der Waals surface area contributed by atoms with E-state index in [-0.39, 0.29) is 12.4 Å². The van der Waals surface area contributed by atoms with Crippen LogP contribution in [0.2, 0.25) is 5.02 Å². The van der Waals surface area contributed by atoms with Gasteiger partial charge in [-0.2, -0.15) is 0 Å². The number of halogens is 2. The van der Waals surface area contributed by atoms with E-state index in [1.165, 1.54) is 5.56 Å². The van der Waals surface area contributed by atoms with Crippen LogP contribution in [0.5, 0.6) is 5.75 Å². The first-order valence-electron chi connectivity index (χ1n) is 7.31. The SMILES string of the molecule is CC(C)CNCc1ccccc1OCc1ccccc1Cl.Cl. The molecule has 0 spiro atoms. The summed E-state index contributed by atoms with van der Waals surface area (Å²) < 4.78 is 5.94. The smallest absolute Gasteiger partial charge is 0.124 e. The van der Waals surface area contributed by atoms with Crippen LogP contribution in [-0.2, 0) is 13.2 Å². The van der Waals surface area contributed by atoms with Crippen LogP contribution in [0.25, 0.3) is 0 Å². The first-order valence-corrected chi connectivity index (χ1v) is 7.69. The summed E-state index contributed by atoms with van der Waals surface area (Å²) in [5.74, 6) is 1.55. The van der Waals surface area contributed by atoms with Crippen molar-refractivity contribution in [3.63, 3.8) is 0 Å². The second-order valence-corrected chi connectivity index (χ2v) is 5.92. The van der Waals surface area contributed by atoms with Crippen molar-refractivity contribution < 1.29 is 4.74 Å². The minimum atomic E-state index is 0. The molecule has 0 aliphatic rings. The Morgan fingerprint density at radius 2 is 1.64 bits per heavy atom. The van der Waals surface area contributed by atoms with Crippen molar-refractivity contribution in [1.82, 2.24) is 5.32 Å². The lowest BCUT2D eigenvalue weighted by molar-refractivity contribution is 0.302. The van der Waals surface area contributed by atoms with Crippen LogP contribution in [-0.4, -0.2) is 6.54 Å². The van der Waals surface area contributed by atoms with E-state index in [1.807, 2.05) is 42.5 Å². The van der Waals surface area contributed by atoms with Crippen molar-refractivity contribution in [2.75, 3.05) is 6.54 Å². The molecule has 2 aromatic carbocycles. The lowest BCUT2D eigenvalue weighted by atomic mass is 10.1. The largest absolute Gasteiger partial charge is 0.489 e. The fourth-order valence-electron chi connectivity index (χ4n) is 2.06. The van der Waals surface area contributed by atoms with Crippen molar-refractivity contribution in [3.05, 3.63) is 64.7 Å². The summed E-state index contributed by atoms with van der Waals surface area (Å²) in [6.07, 6.45) is 0. The first-order chi connectivity index (χ1) is 10.2. The Labute approximate surface area is 144 Å². The van der Waals surface area contributed by atoms with Crippen LogP contribution in [0.4, 0.5) is 0 Å². The highest BCUT2D eigenvalue weighted by atomic mass is 35.5. The minimum Gasteiger partial charge on any atom is -0.489 e. The average molecular weight is 340 g/mol. The Bertz CT molecular complexity index is 573. The number of hydrogen-bond acceptors (Lipinski definition) is 2. The molecule has 4 heteroatoms. The maximum Gasteiger partial charge on any atom is 0.124 e. The van der Waals surface area contributed by atoms with E-state index in [0.29, 0.717) is 12.5 Å².